The van der Waals surface area contributed by atoms with Crippen LogP contribution in [0.25, 0.3) is 11.3 Å². The van der Waals surface area contributed by atoms with Crippen LogP contribution in [0.4, 0.5) is 0 Å². The van der Waals surface area contributed by atoms with Crippen LogP contribution in [-0.4, -0.2) is 16.1 Å². The highest BCUT2D eigenvalue weighted by Crippen LogP contribution is 2.31. The average Bonchev–Trinajstić information content (AvgIpc) is 2.67. The van der Waals surface area contributed by atoms with E-state index in [9.17, 15) is 9.90 Å². The van der Waals surface area contributed by atoms with Gasteiger partial charge in [0.15, 0.2) is 0 Å². The van der Waals surface area contributed by atoms with Gasteiger partial charge in [0, 0.05) is 5.56 Å². The van der Waals surface area contributed by atoms with E-state index in [0.717, 1.165) is 28.1 Å². The Morgan fingerprint density at radius 3 is 2.54 bits per heavy atom. The van der Waals surface area contributed by atoms with Gasteiger partial charge in [-0.1, -0.05) is 48.9 Å². The number of hydrogen-bond acceptors (Lipinski definition) is 3. The van der Waals surface area contributed by atoms with Gasteiger partial charge in [-0.15, -0.1) is 0 Å². The van der Waals surface area contributed by atoms with Gasteiger partial charge in [0.1, 0.15) is 12.4 Å². The summed E-state index contributed by atoms with van der Waals surface area (Å²) in [6.07, 6.45) is 0.557. The topological polar surface area (TPSA) is 59.4 Å². The molecule has 0 spiro atoms. The highest BCUT2D eigenvalue weighted by atomic mass is 16.5. The van der Waals surface area contributed by atoms with Crippen molar-refractivity contribution in [3.63, 3.8) is 0 Å². The Labute approximate surface area is 153 Å². The lowest BCUT2D eigenvalue weighted by Crippen LogP contribution is -2.05. The van der Waals surface area contributed by atoms with Gasteiger partial charge < -0.3 is 9.84 Å². The van der Waals surface area contributed by atoms with E-state index < -0.39 is 5.97 Å². The number of aromatic carboxylic acids is 1. The maximum absolute atomic E-state index is 11.3. The molecule has 3 rings (SSSR count). The number of rotatable bonds is 6. The highest BCUT2D eigenvalue weighted by Gasteiger charge is 2.14. The summed E-state index contributed by atoms with van der Waals surface area (Å²) in [5.41, 5.74) is 4.59. The molecular formula is C22H21NO3. The minimum absolute atomic E-state index is 0.246. The summed E-state index contributed by atoms with van der Waals surface area (Å²) in [6, 6.07) is 19.3. The molecule has 0 unspecified atom stereocenters. The van der Waals surface area contributed by atoms with Crippen LogP contribution < -0.4 is 4.74 Å². The fourth-order valence-electron chi connectivity index (χ4n) is 2.82. The third-order valence-corrected chi connectivity index (χ3v) is 4.19. The molecule has 132 valence electrons. The third-order valence-electron chi connectivity index (χ3n) is 4.19. The number of benzene rings is 2. The van der Waals surface area contributed by atoms with Crippen LogP contribution in [-0.2, 0) is 13.0 Å². The Bertz CT molecular complexity index is 920. The number of pyridine rings is 1. The van der Waals surface area contributed by atoms with Gasteiger partial charge >= 0.3 is 5.97 Å². The third kappa shape index (κ3) is 3.91. The molecule has 1 aromatic heterocycles. The lowest BCUT2D eigenvalue weighted by molar-refractivity contribution is 0.0695. The van der Waals surface area contributed by atoms with E-state index in [-0.39, 0.29) is 5.56 Å². The molecule has 3 aromatic rings. The zero-order valence-electron chi connectivity index (χ0n) is 14.9. The molecule has 0 aliphatic carbocycles. The Morgan fingerprint density at radius 2 is 1.85 bits per heavy atom. The molecule has 0 saturated carbocycles. The lowest BCUT2D eigenvalue weighted by atomic mass is 10.0. The van der Waals surface area contributed by atoms with E-state index in [4.69, 9.17) is 4.74 Å². The van der Waals surface area contributed by atoms with Crippen LogP contribution in [0, 0.1) is 6.92 Å². The van der Waals surface area contributed by atoms with Gasteiger partial charge in [0.05, 0.1) is 17.0 Å². The normalized spacial score (nSPS) is 10.5. The van der Waals surface area contributed by atoms with Crippen molar-refractivity contribution in [3.05, 3.63) is 83.0 Å². The zero-order valence-corrected chi connectivity index (χ0v) is 14.9. The molecule has 2 aromatic carbocycles. The number of carbonyl (C=O) groups is 1. The van der Waals surface area contributed by atoms with Gasteiger partial charge in [-0.2, -0.15) is 0 Å². The first-order chi connectivity index (χ1) is 12.6. The van der Waals surface area contributed by atoms with Gasteiger partial charge in [0.2, 0.25) is 0 Å². The predicted molar refractivity (Wildman–Crippen MR) is 102 cm³/mol. The van der Waals surface area contributed by atoms with Crippen molar-refractivity contribution in [2.24, 2.45) is 0 Å². The quantitative estimate of drug-likeness (QED) is 0.689. The van der Waals surface area contributed by atoms with E-state index in [1.165, 1.54) is 0 Å². The fraction of sp³-hybridized carbons (Fsp3) is 0.182. The van der Waals surface area contributed by atoms with Crippen LogP contribution in [0.15, 0.2) is 60.7 Å². The smallest absolute Gasteiger partial charge is 0.337 e. The lowest BCUT2D eigenvalue weighted by Gasteiger charge is -2.14. The SMILES string of the molecule is CCc1nc(-c2cc(C)ccc2OCc2ccccc2)ccc1C(=O)O. The number of carboxylic acids is 1. The molecule has 1 N–H and O–H groups in total. The van der Waals surface area contributed by atoms with Crippen LogP contribution in [0.3, 0.4) is 0 Å². The van der Waals surface area contributed by atoms with Gasteiger partial charge in [-0.3, -0.25) is 4.98 Å². The molecule has 0 fully saturated rings. The van der Waals surface area contributed by atoms with Crippen molar-refractivity contribution < 1.29 is 14.6 Å². The van der Waals surface area contributed by atoms with E-state index >= 15 is 0 Å². The number of nitrogens with zero attached hydrogens (tertiary/aromatic N) is 1. The molecule has 1 heterocycles. The Kier molecular flexibility index (Phi) is 5.32. The minimum Gasteiger partial charge on any atom is -0.488 e. The Balaban J connectivity index is 1.96. The van der Waals surface area contributed by atoms with Crippen LogP contribution in [0.2, 0.25) is 0 Å². The number of aryl methyl sites for hydroxylation is 2. The number of carboxylic acid groups (broad SMARTS) is 1. The minimum atomic E-state index is -0.953. The average molecular weight is 347 g/mol. The second kappa shape index (κ2) is 7.83. The van der Waals surface area contributed by atoms with Gasteiger partial charge in [0.25, 0.3) is 0 Å². The molecule has 0 saturated heterocycles. The zero-order chi connectivity index (χ0) is 18.5. The molecule has 0 bridgehead atoms. The maximum atomic E-state index is 11.3. The van der Waals surface area contributed by atoms with E-state index in [2.05, 4.69) is 4.98 Å². The molecule has 4 nitrogen and oxygen atoms in total. The van der Waals surface area contributed by atoms with Gasteiger partial charge in [-0.25, -0.2) is 4.79 Å². The van der Waals surface area contributed by atoms with E-state index in [1.807, 2.05) is 62.4 Å². The first kappa shape index (κ1) is 17.7. The fourth-order valence-corrected chi connectivity index (χ4v) is 2.82. The van der Waals surface area contributed by atoms with Crippen molar-refractivity contribution in [1.82, 2.24) is 4.98 Å². The van der Waals surface area contributed by atoms with Crippen molar-refractivity contribution in [1.29, 1.82) is 0 Å². The van der Waals surface area contributed by atoms with E-state index in [1.54, 1.807) is 12.1 Å². The second-order valence-corrected chi connectivity index (χ2v) is 6.12. The molecule has 0 aliphatic heterocycles. The summed E-state index contributed by atoms with van der Waals surface area (Å²) >= 11 is 0. The van der Waals surface area contributed by atoms with Crippen molar-refractivity contribution >= 4 is 5.97 Å². The number of hydrogen-bond donors (Lipinski definition) is 1. The summed E-state index contributed by atoms with van der Waals surface area (Å²) in [7, 11) is 0. The molecule has 0 aliphatic rings. The molecule has 0 radical (unpaired) electrons. The van der Waals surface area contributed by atoms with Crippen molar-refractivity contribution in [3.8, 4) is 17.0 Å². The van der Waals surface area contributed by atoms with Crippen LogP contribution >= 0.6 is 0 Å². The van der Waals surface area contributed by atoms with Crippen LogP contribution in [0.5, 0.6) is 5.75 Å². The van der Waals surface area contributed by atoms with Crippen molar-refractivity contribution in [2.75, 3.05) is 0 Å². The van der Waals surface area contributed by atoms with Gasteiger partial charge in [-0.05, 0) is 43.2 Å². The monoisotopic (exact) mass is 347 g/mol. The number of aromatic nitrogens is 1. The highest BCUT2D eigenvalue weighted by molar-refractivity contribution is 5.89. The maximum Gasteiger partial charge on any atom is 0.337 e. The second-order valence-electron chi connectivity index (χ2n) is 6.12. The summed E-state index contributed by atoms with van der Waals surface area (Å²) in [5.74, 6) is -0.220. The molecular weight excluding hydrogens is 326 g/mol. The van der Waals surface area contributed by atoms with Crippen LogP contribution in [0.1, 0.15) is 34.1 Å². The molecule has 26 heavy (non-hydrogen) atoms. The molecule has 0 atom stereocenters. The first-order valence-electron chi connectivity index (χ1n) is 8.59. The number of ether oxygens (including phenoxy) is 1. The summed E-state index contributed by atoms with van der Waals surface area (Å²) in [6.45, 7) is 4.38. The predicted octanol–water partition coefficient (Wildman–Crippen LogP) is 4.90. The Hall–Kier alpha value is -3.14. The largest absolute Gasteiger partial charge is 0.488 e. The van der Waals surface area contributed by atoms with Crippen molar-refractivity contribution in [2.45, 2.75) is 26.9 Å². The standard InChI is InChI=1S/C22H21NO3/c1-3-19-17(22(24)25)10-11-20(23-19)18-13-15(2)9-12-21(18)26-14-16-7-5-4-6-8-16/h4-13H,3,14H2,1-2H3,(H,24,25). The summed E-state index contributed by atoms with van der Waals surface area (Å²) in [4.78, 5) is 15.9. The van der Waals surface area contributed by atoms with E-state index in [0.29, 0.717) is 18.7 Å². The molecule has 4 heteroatoms. The summed E-state index contributed by atoms with van der Waals surface area (Å²) in [5, 5.41) is 9.30. The first-order valence-corrected chi connectivity index (χ1v) is 8.59. The summed E-state index contributed by atoms with van der Waals surface area (Å²) < 4.78 is 6.03. The molecule has 0 amide bonds. The Morgan fingerprint density at radius 1 is 1.08 bits per heavy atom.